The van der Waals surface area contributed by atoms with Gasteiger partial charge in [-0.05, 0) is 25.0 Å². The second-order valence-corrected chi connectivity index (χ2v) is 5.11. The van der Waals surface area contributed by atoms with Crippen LogP contribution in [0.2, 0.25) is 0 Å². The van der Waals surface area contributed by atoms with Crippen molar-refractivity contribution >= 4 is 12.1 Å². The number of aromatic nitrogens is 1. The van der Waals surface area contributed by atoms with Crippen LogP contribution in [0, 0.1) is 5.92 Å². The molecule has 1 amide bonds. The number of pyridine rings is 1. The van der Waals surface area contributed by atoms with Crippen molar-refractivity contribution in [1.82, 2.24) is 9.88 Å². The molecule has 1 saturated heterocycles. The van der Waals surface area contributed by atoms with Crippen molar-refractivity contribution < 1.29 is 24.2 Å². The minimum Gasteiger partial charge on any atom is -0.481 e. The first kappa shape index (κ1) is 16.1. The SMILES string of the molecule is CCOC(=O)C1CN(C(=O)O)CCC1c1ccnc(OC)c1. The minimum absolute atomic E-state index is 0.105. The molecule has 1 aliphatic heterocycles. The highest BCUT2D eigenvalue weighted by Crippen LogP contribution is 2.34. The van der Waals surface area contributed by atoms with Gasteiger partial charge in [0.05, 0.1) is 19.6 Å². The largest absolute Gasteiger partial charge is 0.481 e. The first-order valence-corrected chi connectivity index (χ1v) is 7.21. The van der Waals surface area contributed by atoms with E-state index in [1.807, 2.05) is 6.07 Å². The fourth-order valence-corrected chi connectivity index (χ4v) is 2.78. The van der Waals surface area contributed by atoms with Crippen molar-refractivity contribution in [3.63, 3.8) is 0 Å². The smallest absolute Gasteiger partial charge is 0.407 e. The summed E-state index contributed by atoms with van der Waals surface area (Å²) in [5.41, 5.74) is 0.912. The van der Waals surface area contributed by atoms with Crippen LogP contribution in [0.3, 0.4) is 0 Å². The fraction of sp³-hybridized carbons (Fsp3) is 0.533. The quantitative estimate of drug-likeness (QED) is 0.852. The molecule has 0 saturated carbocycles. The lowest BCUT2D eigenvalue weighted by atomic mass is 9.81. The fourth-order valence-electron chi connectivity index (χ4n) is 2.78. The van der Waals surface area contributed by atoms with Crippen LogP contribution in [0.4, 0.5) is 4.79 Å². The number of carbonyl (C=O) groups excluding carboxylic acids is 1. The van der Waals surface area contributed by atoms with Gasteiger partial charge in [-0.15, -0.1) is 0 Å². The van der Waals surface area contributed by atoms with Crippen LogP contribution >= 0.6 is 0 Å². The van der Waals surface area contributed by atoms with Crippen molar-refractivity contribution in [3.8, 4) is 5.88 Å². The maximum Gasteiger partial charge on any atom is 0.407 e. The normalized spacial score (nSPS) is 21.3. The molecule has 1 N–H and O–H groups in total. The molecule has 0 spiro atoms. The molecule has 0 aliphatic carbocycles. The van der Waals surface area contributed by atoms with Crippen LogP contribution in [-0.4, -0.2) is 53.9 Å². The maximum absolute atomic E-state index is 12.2. The molecule has 2 heterocycles. The molecule has 0 radical (unpaired) electrons. The van der Waals surface area contributed by atoms with Crippen LogP contribution in [0.1, 0.15) is 24.8 Å². The van der Waals surface area contributed by atoms with Gasteiger partial charge in [0.15, 0.2) is 0 Å². The average molecular weight is 308 g/mol. The Bertz CT molecular complexity index is 548. The van der Waals surface area contributed by atoms with Gasteiger partial charge in [-0.3, -0.25) is 4.79 Å². The summed E-state index contributed by atoms with van der Waals surface area (Å²) in [5.74, 6) is -0.515. The van der Waals surface area contributed by atoms with E-state index in [1.54, 1.807) is 19.2 Å². The highest BCUT2D eigenvalue weighted by molar-refractivity contribution is 5.75. The minimum atomic E-state index is -1.01. The number of nitrogens with zero attached hydrogens (tertiary/aromatic N) is 2. The zero-order chi connectivity index (χ0) is 16.1. The van der Waals surface area contributed by atoms with Crippen molar-refractivity contribution in [2.75, 3.05) is 26.8 Å². The van der Waals surface area contributed by atoms with Gasteiger partial charge >= 0.3 is 12.1 Å². The average Bonchev–Trinajstić information content (AvgIpc) is 2.54. The lowest BCUT2D eigenvalue weighted by Gasteiger charge is -2.36. The van der Waals surface area contributed by atoms with E-state index >= 15 is 0 Å². The molecule has 0 aromatic carbocycles. The van der Waals surface area contributed by atoms with Gasteiger partial charge in [-0.1, -0.05) is 0 Å². The number of amides is 1. The number of ether oxygens (including phenoxy) is 2. The molecule has 120 valence electrons. The summed E-state index contributed by atoms with van der Waals surface area (Å²) in [6, 6.07) is 3.61. The van der Waals surface area contributed by atoms with E-state index in [1.165, 1.54) is 12.0 Å². The number of carboxylic acid groups (broad SMARTS) is 1. The number of rotatable bonds is 4. The van der Waals surface area contributed by atoms with Crippen molar-refractivity contribution in [1.29, 1.82) is 0 Å². The number of esters is 1. The number of methoxy groups -OCH3 is 1. The second-order valence-electron chi connectivity index (χ2n) is 5.11. The summed E-state index contributed by atoms with van der Waals surface area (Å²) in [7, 11) is 1.53. The number of likely N-dealkylation sites (tertiary alicyclic amines) is 1. The standard InChI is InChI=1S/C15H20N2O5/c1-3-22-14(18)12-9-17(15(19)20)7-5-11(12)10-4-6-16-13(8-10)21-2/h4,6,8,11-12H,3,5,7,9H2,1-2H3,(H,19,20). The molecule has 1 aromatic heterocycles. The molecule has 22 heavy (non-hydrogen) atoms. The van der Waals surface area contributed by atoms with Gasteiger partial charge in [0.2, 0.25) is 5.88 Å². The van der Waals surface area contributed by atoms with Crippen molar-refractivity contribution in [3.05, 3.63) is 23.9 Å². The van der Waals surface area contributed by atoms with Crippen LogP contribution in [0.15, 0.2) is 18.3 Å². The number of hydrogen-bond donors (Lipinski definition) is 1. The van der Waals surface area contributed by atoms with Gasteiger partial charge in [-0.25, -0.2) is 9.78 Å². The van der Waals surface area contributed by atoms with Crippen molar-refractivity contribution in [2.45, 2.75) is 19.3 Å². The molecule has 0 bridgehead atoms. The van der Waals surface area contributed by atoms with E-state index in [4.69, 9.17) is 14.6 Å². The molecular formula is C15H20N2O5. The van der Waals surface area contributed by atoms with Crippen LogP contribution in [-0.2, 0) is 9.53 Å². The van der Waals surface area contributed by atoms with Gasteiger partial charge in [0.25, 0.3) is 0 Å². The highest BCUT2D eigenvalue weighted by Gasteiger charge is 2.38. The van der Waals surface area contributed by atoms with E-state index in [2.05, 4.69) is 4.98 Å². The highest BCUT2D eigenvalue weighted by atomic mass is 16.5. The third-order valence-corrected chi connectivity index (χ3v) is 3.87. The van der Waals surface area contributed by atoms with Gasteiger partial charge in [0.1, 0.15) is 0 Å². The Hall–Kier alpha value is -2.31. The molecular weight excluding hydrogens is 288 g/mol. The third-order valence-electron chi connectivity index (χ3n) is 3.87. The Labute approximate surface area is 128 Å². The van der Waals surface area contributed by atoms with E-state index < -0.39 is 12.0 Å². The summed E-state index contributed by atoms with van der Waals surface area (Å²) >= 11 is 0. The lowest BCUT2D eigenvalue weighted by Crippen LogP contribution is -2.45. The molecule has 2 rings (SSSR count). The summed E-state index contributed by atoms with van der Waals surface area (Å²) in [4.78, 5) is 28.7. The van der Waals surface area contributed by atoms with E-state index in [-0.39, 0.29) is 25.0 Å². The molecule has 7 nitrogen and oxygen atoms in total. The number of carbonyl (C=O) groups is 2. The zero-order valence-electron chi connectivity index (χ0n) is 12.7. The van der Waals surface area contributed by atoms with Gasteiger partial charge in [-0.2, -0.15) is 0 Å². The van der Waals surface area contributed by atoms with E-state index in [0.29, 0.717) is 18.8 Å². The third kappa shape index (κ3) is 3.47. The Kier molecular flexibility index (Phi) is 5.19. The van der Waals surface area contributed by atoms with Crippen LogP contribution in [0.5, 0.6) is 5.88 Å². The van der Waals surface area contributed by atoms with Crippen LogP contribution < -0.4 is 4.74 Å². The monoisotopic (exact) mass is 308 g/mol. The second kappa shape index (κ2) is 7.11. The zero-order valence-corrected chi connectivity index (χ0v) is 12.7. The Morgan fingerprint density at radius 3 is 2.91 bits per heavy atom. The van der Waals surface area contributed by atoms with Crippen LogP contribution in [0.25, 0.3) is 0 Å². The molecule has 2 unspecified atom stereocenters. The molecule has 1 aromatic rings. The Morgan fingerprint density at radius 2 is 2.27 bits per heavy atom. The lowest BCUT2D eigenvalue weighted by molar-refractivity contribution is -0.150. The molecule has 2 atom stereocenters. The van der Waals surface area contributed by atoms with E-state index in [0.717, 1.165) is 5.56 Å². The summed E-state index contributed by atoms with van der Waals surface area (Å²) in [5, 5.41) is 9.15. The summed E-state index contributed by atoms with van der Waals surface area (Å²) in [6.45, 7) is 2.54. The number of piperidine rings is 1. The predicted molar refractivity (Wildman–Crippen MR) is 77.9 cm³/mol. The molecule has 1 fully saturated rings. The topological polar surface area (TPSA) is 89.0 Å². The van der Waals surface area contributed by atoms with E-state index in [9.17, 15) is 9.59 Å². The first-order chi connectivity index (χ1) is 10.6. The van der Waals surface area contributed by atoms with Gasteiger partial charge < -0.3 is 19.5 Å². The van der Waals surface area contributed by atoms with Gasteiger partial charge in [0, 0.05) is 31.3 Å². The predicted octanol–water partition coefficient (Wildman–Crippen LogP) is 1.74. The summed E-state index contributed by atoms with van der Waals surface area (Å²) in [6.07, 6.45) is 1.17. The maximum atomic E-state index is 12.2. The molecule has 1 aliphatic rings. The first-order valence-electron chi connectivity index (χ1n) is 7.21. The van der Waals surface area contributed by atoms with Crippen molar-refractivity contribution in [2.24, 2.45) is 5.92 Å². The Balaban J connectivity index is 2.26. The Morgan fingerprint density at radius 1 is 1.50 bits per heavy atom. The summed E-state index contributed by atoms with van der Waals surface area (Å²) < 4.78 is 10.2. The molecule has 7 heteroatoms. The number of hydrogen-bond acceptors (Lipinski definition) is 5.